The average molecular weight is 443 g/mol. The van der Waals surface area contributed by atoms with Gasteiger partial charge in [-0.1, -0.05) is 54.6 Å². The zero-order valence-electron chi connectivity index (χ0n) is 18.1. The summed E-state index contributed by atoms with van der Waals surface area (Å²) in [6.45, 7) is 3.94. The summed E-state index contributed by atoms with van der Waals surface area (Å²) in [7, 11) is 0. The molecule has 0 unspecified atom stereocenters. The number of carboxylic acids is 1. The summed E-state index contributed by atoms with van der Waals surface area (Å²) < 4.78 is 1.11. The van der Waals surface area contributed by atoms with Crippen LogP contribution in [-0.2, 0) is 11.3 Å². The lowest BCUT2D eigenvalue weighted by Crippen LogP contribution is -2.21. The van der Waals surface area contributed by atoms with Crippen molar-refractivity contribution >= 4 is 44.9 Å². The predicted molar refractivity (Wildman–Crippen MR) is 134 cm³/mol. The quantitative estimate of drug-likeness (QED) is 0.312. The fraction of sp³-hybridized carbons (Fsp3) is 0.185. The molecule has 0 saturated carbocycles. The van der Waals surface area contributed by atoms with Gasteiger partial charge in [0.25, 0.3) is 0 Å². The Labute approximate surface area is 192 Å². The molecule has 0 aliphatic heterocycles. The molecule has 1 aromatic heterocycles. The number of aliphatic carboxylic acids is 1. The molecule has 4 aromatic rings. The summed E-state index contributed by atoms with van der Waals surface area (Å²) in [6.07, 6.45) is 2.60. The van der Waals surface area contributed by atoms with E-state index in [2.05, 4.69) is 66.4 Å². The lowest BCUT2D eigenvalue weighted by atomic mass is 10.1. The van der Waals surface area contributed by atoms with E-state index in [1.165, 1.54) is 11.3 Å². The summed E-state index contributed by atoms with van der Waals surface area (Å²) in [6, 6.07) is 26.9. The van der Waals surface area contributed by atoms with Crippen LogP contribution in [-0.4, -0.2) is 22.6 Å². The van der Waals surface area contributed by atoms with Crippen LogP contribution in [0.1, 0.15) is 35.9 Å². The largest absolute Gasteiger partial charge is 0.481 e. The molecule has 4 rings (SSSR count). The van der Waals surface area contributed by atoms with E-state index in [4.69, 9.17) is 4.98 Å². The number of fused-ring (bicyclic) bond motifs is 1. The van der Waals surface area contributed by atoms with Gasteiger partial charge < -0.3 is 10.0 Å². The van der Waals surface area contributed by atoms with E-state index in [1.54, 1.807) is 11.3 Å². The third-order valence-corrected chi connectivity index (χ3v) is 6.49. The van der Waals surface area contributed by atoms with Crippen LogP contribution in [0.2, 0.25) is 0 Å². The highest BCUT2D eigenvalue weighted by molar-refractivity contribution is 7.19. The number of carboxylic acid groups (broad SMARTS) is 1. The highest BCUT2D eigenvalue weighted by Crippen LogP contribution is 2.31. The van der Waals surface area contributed by atoms with Gasteiger partial charge in [-0.3, -0.25) is 4.79 Å². The van der Waals surface area contributed by atoms with Crippen LogP contribution in [0.4, 0.5) is 5.69 Å². The van der Waals surface area contributed by atoms with E-state index in [9.17, 15) is 9.90 Å². The Morgan fingerprint density at radius 1 is 0.969 bits per heavy atom. The van der Waals surface area contributed by atoms with E-state index < -0.39 is 5.97 Å². The number of hydrogen-bond acceptors (Lipinski definition) is 4. The molecule has 1 N–H and O–H groups in total. The maximum Gasteiger partial charge on any atom is 0.303 e. The highest BCUT2D eigenvalue weighted by Gasteiger charge is 2.12. The Hall–Kier alpha value is -3.44. The molecule has 3 aromatic carbocycles. The second-order valence-electron chi connectivity index (χ2n) is 7.64. The average Bonchev–Trinajstić information content (AvgIpc) is 3.25. The van der Waals surface area contributed by atoms with Crippen molar-refractivity contribution in [2.75, 3.05) is 11.4 Å². The van der Waals surface area contributed by atoms with Crippen molar-refractivity contribution in [2.24, 2.45) is 0 Å². The maximum atomic E-state index is 11.2. The Bertz CT molecular complexity index is 1180. The van der Waals surface area contributed by atoms with Gasteiger partial charge in [0.1, 0.15) is 5.01 Å². The van der Waals surface area contributed by atoms with Gasteiger partial charge in [0.15, 0.2) is 0 Å². The highest BCUT2D eigenvalue weighted by atomic mass is 32.1. The smallest absolute Gasteiger partial charge is 0.303 e. The number of carbonyl (C=O) groups is 1. The minimum Gasteiger partial charge on any atom is -0.481 e. The first-order valence-corrected chi connectivity index (χ1v) is 11.6. The molecular formula is C27H26N2O2S. The topological polar surface area (TPSA) is 53.4 Å². The predicted octanol–water partition coefficient (Wildman–Crippen LogP) is 6.73. The lowest BCUT2D eigenvalue weighted by molar-refractivity contribution is -0.136. The number of anilines is 1. The van der Waals surface area contributed by atoms with E-state index in [0.29, 0.717) is 6.42 Å². The molecule has 32 heavy (non-hydrogen) atoms. The van der Waals surface area contributed by atoms with Crippen LogP contribution in [0.15, 0.2) is 78.9 Å². The van der Waals surface area contributed by atoms with E-state index >= 15 is 0 Å². The van der Waals surface area contributed by atoms with Crippen LogP contribution in [0.3, 0.4) is 0 Å². The minimum atomic E-state index is -0.799. The van der Waals surface area contributed by atoms with Crippen molar-refractivity contribution < 1.29 is 9.90 Å². The first-order chi connectivity index (χ1) is 15.6. The Balaban J connectivity index is 1.59. The summed E-state index contributed by atoms with van der Waals surface area (Å²) in [4.78, 5) is 18.3. The molecule has 0 radical (unpaired) electrons. The number of nitrogens with zero attached hydrogens (tertiary/aromatic N) is 2. The van der Waals surface area contributed by atoms with Crippen molar-refractivity contribution in [3.63, 3.8) is 0 Å². The van der Waals surface area contributed by atoms with Gasteiger partial charge >= 0.3 is 5.97 Å². The van der Waals surface area contributed by atoms with Crippen molar-refractivity contribution in [1.29, 1.82) is 0 Å². The van der Waals surface area contributed by atoms with Gasteiger partial charge in [0, 0.05) is 25.2 Å². The molecular weight excluding hydrogens is 416 g/mol. The van der Waals surface area contributed by atoms with Crippen molar-refractivity contribution in [1.82, 2.24) is 4.98 Å². The van der Waals surface area contributed by atoms with Crippen molar-refractivity contribution in [3.8, 4) is 0 Å². The van der Waals surface area contributed by atoms with Gasteiger partial charge in [0.2, 0.25) is 0 Å². The van der Waals surface area contributed by atoms with Crippen molar-refractivity contribution in [2.45, 2.75) is 26.3 Å². The summed E-state index contributed by atoms with van der Waals surface area (Å²) in [5, 5.41) is 10.1. The molecule has 0 bridgehead atoms. The molecule has 4 nitrogen and oxygen atoms in total. The fourth-order valence-electron chi connectivity index (χ4n) is 3.66. The molecule has 0 atom stereocenters. The minimum absolute atomic E-state index is 0.0839. The second-order valence-corrected chi connectivity index (χ2v) is 8.67. The first-order valence-electron chi connectivity index (χ1n) is 10.8. The first kappa shape index (κ1) is 21.8. The number of allylic oxidation sites excluding steroid dienone is 1. The molecule has 0 spiro atoms. The second kappa shape index (κ2) is 10.2. The van der Waals surface area contributed by atoms with Crippen LogP contribution < -0.4 is 4.90 Å². The molecule has 1 heterocycles. The van der Waals surface area contributed by atoms with Crippen LogP contribution in [0, 0.1) is 0 Å². The number of aromatic nitrogens is 1. The molecule has 0 fully saturated rings. The third-order valence-electron chi connectivity index (χ3n) is 5.37. The Kier molecular flexibility index (Phi) is 6.97. The summed E-state index contributed by atoms with van der Waals surface area (Å²) in [5.74, 6) is -0.799. The molecule has 162 valence electrons. The number of thiazole rings is 1. The molecule has 0 aliphatic carbocycles. The van der Waals surface area contributed by atoms with E-state index in [-0.39, 0.29) is 6.42 Å². The molecule has 0 amide bonds. The van der Waals surface area contributed by atoms with Gasteiger partial charge in [-0.25, -0.2) is 4.98 Å². The SMILES string of the molecule is CCN(Cc1ccccc1)c1ccc(C=C(CCC(=O)O)c2nc3ccccc3s2)cc1. The standard InChI is InChI=1S/C27H26N2O2S/c1-2-29(19-21-8-4-3-5-9-21)23-15-12-20(13-16-23)18-22(14-17-26(30)31)27-28-24-10-6-7-11-25(24)32-27/h3-13,15-16,18H,2,14,17,19H2,1H3,(H,30,31). The van der Waals surface area contributed by atoms with E-state index in [1.807, 2.05) is 30.3 Å². The van der Waals surface area contributed by atoms with Gasteiger partial charge in [-0.2, -0.15) is 0 Å². The maximum absolute atomic E-state index is 11.2. The summed E-state index contributed by atoms with van der Waals surface area (Å²) in [5.41, 5.74) is 5.40. The normalized spacial score (nSPS) is 11.6. The zero-order valence-corrected chi connectivity index (χ0v) is 18.9. The monoisotopic (exact) mass is 442 g/mol. The van der Waals surface area contributed by atoms with Crippen LogP contribution in [0.5, 0.6) is 0 Å². The van der Waals surface area contributed by atoms with Crippen molar-refractivity contribution in [3.05, 3.63) is 95.0 Å². The van der Waals surface area contributed by atoms with Crippen LogP contribution in [0.25, 0.3) is 21.9 Å². The fourth-order valence-corrected chi connectivity index (χ4v) is 4.67. The summed E-state index contributed by atoms with van der Waals surface area (Å²) >= 11 is 1.61. The number of rotatable bonds is 9. The zero-order chi connectivity index (χ0) is 22.3. The number of benzene rings is 3. The van der Waals surface area contributed by atoms with Gasteiger partial charge in [-0.15, -0.1) is 11.3 Å². The Morgan fingerprint density at radius 2 is 1.69 bits per heavy atom. The third kappa shape index (κ3) is 5.42. The molecule has 0 aliphatic rings. The molecule has 5 heteroatoms. The van der Waals surface area contributed by atoms with Gasteiger partial charge in [0.05, 0.1) is 10.2 Å². The van der Waals surface area contributed by atoms with Gasteiger partial charge in [-0.05, 0) is 60.4 Å². The number of hydrogen-bond donors (Lipinski definition) is 1. The van der Waals surface area contributed by atoms with E-state index in [0.717, 1.165) is 39.5 Å². The van der Waals surface area contributed by atoms with Crippen LogP contribution >= 0.6 is 11.3 Å². The molecule has 0 saturated heterocycles. The lowest BCUT2D eigenvalue weighted by Gasteiger charge is -2.23. The Morgan fingerprint density at radius 3 is 2.38 bits per heavy atom. The number of para-hydroxylation sites is 1.